The van der Waals surface area contributed by atoms with Gasteiger partial charge in [-0.1, -0.05) is 12.1 Å². The van der Waals surface area contributed by atoms with Gasteiger partial charge in [0.15, 0.2) is 11.5 Å². The number of hydrogen-bond donors (Lipinski definition) is 1. The van der Waals surface area contributed by atoms with Gasteiger partial charge in [-0.05, 0) is 36.2 Å². The van der Waals surface area contributed by atoms with Crippen LogP contribution >= 0.6 is 0 Å². The molecule has 0 saturated carbocycles. The van der Waals surface area contributed by atoms with Crippen LogP contribution in [0.4, 0.5) is 10.5 Å². The van der Waals surface area contributed by atoms with E-state index in [0.29, 0.717) is 29.3 Å². The Bertz CT molecular complexity index is 812. The molecule has 25 heavy (non-hydrogen) atoms. The van der Waals surface area contributed by atoms with Gasteiger partial charge >= 0.3 is 6.03 Å². The smallest absolute Gasteiger partial charge is 0.321 e. The van der Waals surface area contributed by atoms with Crippen LogP contribution in [0.15, 0.2) is 36.4 Å². The van der Waals surface area contributed by atoms with E-state index < -0.39 is 0 Å². The molecule has 1 N–H and O–H groups in total. The third-order valence-electron chi connectivity index (χ3n) is 3.79. The van der Waals surface area contributed by atoms with Crippen molar-refractivity contribution in [3.05, 3.63) is 53.1 Å². The second-order valence-corrected chi connectivity index (χ2v) is 5.62. The third kappa shape index (κ3) is 4.42. The summed E-state index contributed by atoms with van der Waals surface area (Å²) in [5.74, 6) is 1.16. The van der Waals surface area contributed by atoms with Crippen LogP contribution in [-0.4, -0.2) is 32.2 Å². The number of hydrogen-bond acceptors (Lipinski definition) is 4. The molecular formula is C19H21N3O3. The predicted octanol–water partition coefficient (Wildman–Crippen LogP) is 3.55. The van der Waals surface area contributed by atoms with Gasteiger partial charge in [-0.15, -0.1) is 0 Å². The van der Waals surface area contributed by atoms with Crippen LogP contribution in [0.2, 0.25) is 0 Å². The molecule has 0 aliphatic rings. The second-order valence-electron chi connectivity index (χ2n) is 5.62. The highest BCUT2D eigenvalue weighted by molar-refractivity contribution is 5.90. The van der Waals surface area contributed by atoms with E-state index in [9.17, 15) is 4.79 Å². The average molecular weight is 339 g/mol. The van der Waals surface area contributed by atoms with Gasteiger partial charge in [0.05, 0.1) is 25.9 Å². The number of carbonyl (C=O) groups excluding carboxylic acids is 1. The molecule has 0 heterocycles. The lowest BCUT2D eigenvalue weighted by molar-refractivity contribution is 0.220. The fourth-order valence-corrected chi connectivity index (χ4v) is 2.41. The number of nitrogens with zero attached hydrogens (tertiary/aromatic N) is 2. The summed E-state index contributed by atoms with van der Waals surface area (Å²) in [6.07, 6.45) is 0. The lowest BCUT2D eigenvalue weighted by Gasteiger charge is -2.20. The molecule has 0 radical (unpaired) electrons. The highest BCUT2D eigenvalue weighted by Crippen LogP contribution is 2.33. The van der Waals surface area contributed by atoms with Crippen LogP contribution in [0.5, 0.6) is 11.5 Å². The summed E-state index contributed by atoms with van der Waals surface area (Å²) in [5, 5.41) is 11.8. The van der Waals surface area contributed by atoms with Crippen molar-refractivity contribution in [2.24, 2.45) is 0 Å². The zero-order chi connectivity index (χ0) is 18.4. The van der Waals surface area contributed by atoms with Gasteiger partial charge < -0.3 is 19.7 Å². The Morgan fingerprint density at radius 1 is 1.20 bits per heavy atom. The maximum Gasteiger partial charge on any atom is 0.321 e. The molecule has 0 saturated heterocycles. The maximum atomic E-state index is 12.5. The zero-order valence-electron chi connectivity index (χ0n) is 14.8. The van der Waals surface area contributed by atoms with Crippen LogP contribution in [-0.2, 0) is 6.54 Å². The Kier molecular flexibility index (Phi) is 5.85. The number of anilines is 1. The molecular weight excluding hydrogens is 318 g/mol. The van der Waals surface area contributed by atoms with Gasteiger partial charge in [0.2, 0.25) is 0 Å². The topological polar surface area (TPSA) is 74.6 Å². The number of ether oxygens (including phenoxy) is 2. The number of carbonyl (C=O) groups is 1. The van der Waals surface area contributed by atoms with Crippen molar-refractivity contribution in [1.29, 1.82) is 5.26 Å². The lowest BCUT2D eigenvalue weighted by Crippen LogP contribution is -2.31. The van der Waals surface area contributed by atoms with Crippen LogP contribution < -0.4 is 14.8 Å². The number of nitrogens with one attached hydrogen (secondary N) is 1. The quantitative estimate of drug-likeness (QED) is 0.904. The largest absolute Gasteiger partial charge is 0.493 e. The van der Waals surface area contributed by atoms with E-state index in [1.807, 2.05) is 19.1 Å². The third-order valence-corrected chi connectivity index (χ3v) is 3.79. The fourth-order valence-electron chi connectivity index (χ4n) is 2.41. The molecule has 6 nitrogen and oxygen atoms in total. The van der Waals surface area contributed by atoms with Crippen molar-refractivity contribution < 1.29 is 14.3 Å². The number of benzene rings is 2. The fraction of sp³-hybridized carbons (Fsp3) is 0.263. The number of nitriles is 1. The minimum absolute atomic E-state index is 0.252. The Labute approximate surface area is 147 Å². The van der Waals surface area contributed by atoms with E-state index >= 15 is 0 Å². The summed E-state index contributed by atoms with van der Waals surface area (Å²) in [5.41, 5.74) is 2.98. The highest BCUT2D eigenvalue weighted by atomic mass is 16.5. The van der Waals surface area contributed by atoms with Crippen LogP contribution in [0.1, 0.15) is 16.7 Å². The average Bonchev–Trinajstić information content (AvgIpc) is 2.62. The summed E-state index contributed by atoms with van der Waals surface area (Å²) >= 11 is 0. The van der Waals surface area contributed by atoms with Gasteiger partial charge in [0.1, 0.15) is 0 Å². The monoisotopic (exact) mass is 339 g/mol. The molecule has 0 fully saturated rings. The van der Waals surface area contributed by atoms with E-state index in [4.69, 9.17) is 14.7 Å². The van der Waals surface area contributed by atoms with E-state index in [2.05, 4.69) is 11.4 Å². The molecule has 2 amide bonds. The van der Waals surface area contributed by atoms with E-state index in [-0.39, 0.29) is 6.03 Å². The first kappa shape index (κ1) is 18.1. The Hall–Kier alpha value is -3.20. The molecule has 0 aliphatic carbocycles. The Morgan fingerprint density at radius 3 is 2.52 bits per heavy atom. The predicted molar refractivity (Wildman–Crippen MR) is 95.9 cm³/mol. The van der Waals surface area contributed by atoms with Crippen molar-refractivity contribution in [2.75, 3.05) is 26.6 Å². The van der Waals surface area contributed by atoms with Crippen molar-refractivity contribution in [3.8, 4) is 17.6 Å². The van der Waals surface area contributed by atoms with Crippen molar-refractivity contribution in [2.45, 2.75) is 13.5 Å². The minimum Gasteiger partial charge on any atom is -0.493 e. The van der Waals surface area contributed by atoms with Crippen LogP contribution in [0.3, 0.4) is 0 Å². The molecule has 0 aliphatic heterocycles. The number of methoxy groups -OCH3 is 2. The Balaban J connectivity index is 2.12. The molecule has 130 valence electrons. The number of rotatable bonds is 5. The zero-order valence-corrected chi connectivity index (χ0v) is 14.8. The summed E-state index contributed by atoms with van der Waals surface area (Å²) in [6, 6.07) is 12.6. The molecule has 0 spiro atoms. The van der Waals surface area contributed by atoms with Crippen molar-refractivity contribution in [1.82, 2.24) is 4.90 Å². The highest BCUT2D eigenvalue weighted by Gasteiger charge is 2.14. The first-order chi connectivity index (χ1) is 12.0. The van der Waals surface area contributed by atoms with Gasteiger partial charge in [0, 0.05) is 25.3 Å². The Morgan fingerprint density at radius 2 is 1.88 bits per heavy atom. The number of urea groups is 1. The summed E-state index contributed by atoms with van der Waals surface area (Å²) in [7, 11) is 4.82. The summed E-state index contributed by atoms with van der Waals surface area (Å²) in [4.78, 5) is 14.0. The number of amides is 2. The maximum absolute atomic E-state index is 12.5. The minimum atomic E-state index is -0.252. The second kappa shape index (κ2) is 8.06. The SMILES string of the molecule is COc1cc(C)c(NC(=O)N(C)Cc2cccc(C#N)c2)cc1OC. The van der Waals surface area contributed by atoms with Crippen molar-refractivity contribution in [3.63, 3.8) is 0 Å². The van der Waals surface area contributed by atoms with Gasteiger partial charge in [0.25, 0.3) is 0 Å². The molecule has 0 aromatic heterocycles. The first-order valence-electron chi connectivity index (χ1n) is 7.72. The molecule has 6 heteroatoms. The normalized spacial score (nSPS) is 9.88. The molecule has 2 aromatic rings. The van der Waals surface area contributed by atoms with Gasteiger partial charge in [-0.2, -0.15) is 5.26 Å². The van der Waals surface area contributed by atoms with Gasteiger partial charge in [-0.25, -0.2) is 4.79 Å². The molecule has 0 unspecified atom stereocenters. The molecule has 2 aromatic carbocycles. The number of aryl methyl sites for hydroxylation is 1. The van der Waals surface area contributed by atoms with Crippen LogP contribution in [0.25, 0.3) is 0 Å². The van der Waals surface area contributed by atoms with Gasteiger partial charge in [-0.3, -0.25) is 0 Å². The van der Waals surface area contributed by atoms with E-state index in [0.717, 1.165) is 11.1 Å². The standard InChI is InChI=1S/C19H21N3O3/c1-13-8-17(24-3)18(25-4)10-16(13)21-19(23)22(2)12-15-7-5-6-14(9-15)11-20/h5-10H,12H2,1-4H3,(H,21,23). The molecule has 0 atom stereocenters. The summed E-state index contributed by atoms with van der Waals surface area (Å²) < 4.78 is 10.5. The van der Waals surface area contributed by atoms with Crippen LogP contribution in [0, 0.1) is 18.3 Å². The first-order valence-corrected chi connectivity index (χ1v) is 7.72. The molecule has 0 bridgehead atoms. The summed E-state index contributed by atoms with van der Waals surface area (Å²) in [6.45, 7) is 2.28. The van der Waals surface area contributed by atoms with E-state index in [1.54, 1.807) is 50.4 Å². The van der Waals surface area contributed by atoms with Crippen molar-refractivity contribution >= 4 is 11.7 Å². The lowest BCUT2D eigenvalue weighted by atomic mass is 10.1. The van der Waals surface area contributed by atoms with E-state index in [1.165, 1.54) is 0 Å². The molecule has 2 rings (SSSR count).